The van der Waals surface area contributed by atoms with Crippen LogP contribution in [-0.4, -0.2) is 25.9 Å². The molecule has 1 fully saturated rings. The second-order valence-corrected chi connectivity index (χ2v) is 6.57. The summed E-state index contributed by atoms with van der Waals surface area (Å²) in [5.41, 5.74) is 3.61. The standard InChI is InChI=1S/C19H20FN5O/c1-2-4-17-16(11-22-25(17)14-6-3-5-13(20)9-14)23-19(26)15-10-21-24-18(15)12-7-8-12/h3,5-6,9-12H,2,4,7-8H2,1H3,(H,21,24)(H,23,26). The molecule has 2 aromatic heterocycles. The summed E-state index contributed by atoms with van der Waals surface area (Å²) in [6.45, 7) is 2.05. The summed E-state index contributed by atoms with van der Waals surface area (Å²) in [7, 11) is 0. The summed E-state index contributed by atoms with van der Waals surface area (Å²) in [5.74, 6) is -0.112. The van der Waals surface area contributed by atoms with Crippen molar-refractivity contribution in [2.75, 3.05) is 5.32 Å². The van der Waals surface area contributed by atoms with Gasteiger partial charge in [-0.05, 0) is 37.5 Å². The molecule has 1 aliphatic rings. The van der Waals surface area contributed by atoms with Gasteiger partial charge in [-0.1, -0.05) is 19.4 Å². The first-order valence-corrected chi connectivity index (χ1v) is 8.84. The van der Waals surface area contributed by atoms with Crippen LogP contribution in [0.5, 0.6) is 0 Å². The number of H-pyrrole nitrogens is 1. The number of benzene rings is 1. The lowest BCUT2D eigenvalue weighted by Gasteiger charge is -2.10. The molecule has 0 spiro atoms. The molecule has 0 aliphatic heterocycles. The van der Waals surface area contributed by atoms with Crippen molar-refractivity contribution >= 4 is 11.6 Å². The SMILES string of the molecule is CCCc1c(NC(=O)c2cn[nH]c2C2CC2)cnn1-c1cccc(F)c1. The van der Waals surface area contributed by atoms with Gasteiger partial charge in [0.15, 0.2) is 0 Å². The van der Waals surface area contributed by atoms with Crippen molar-refractivity contribution in [2.24, 2.45) is 0 Å². The highest BCUT2D eigenvalue weighted by Crippen LogP contribution is 2.40. The van der Waals surface area contributed by atoms with Gasteiger partial charge in [0.25, 0.3) is 5.91 Å². The van der Waals surface area contributed by atoms with Gasteiger partial charge in [-0.3, -0.25) is 9.89 Å². The minimum atomic E-state index is -0.321. The number of amides is 1. The number of rotatable bonds is 6. The van der Waals surface area contributed by atoms with Crippen LogP contribution in [0.1, 0.15) is 53.8 Å². The molecule has 0 atom stereocenters. The highest BCUT2D eigenvalue weighted by Gasteiger charge is 2.30. The Morgan fingerprint density at radius 1 is 1.38 bits per heavy atom. The number of nitrogens with one attached hydrogen (secondary N) is 2. The summed E-state index contributed by atoms with van der Waals surface area (Å²) >= 11 is 0. The Kier molecular flexibility index (Phi) is 4.28. The van der Waals surface area contributed by atoms with Gasteiger partial charge in [-0.2, -0.15) is 10.2 Å². The van der Waals surface area contributed by atoms with Crippen molar-refractivity contribution < 1.29 is 9.18 Å². The van der Waals surface area contributed by atoms with Gasteiger partial charge in [0, 0.05) is 5.92 Å². The Balaban J connectivity index is 1.64. The van der Waals surface area contributed by atoms with Gasteiger partial charge in [-0.15, -0.1) is 0 Å². The predicted octanol–water partition coefficient (Wildman–Crippen LogP) is 3.82. The van der Waals surface area contributed by atoms with Gasteiger partial charge in [0.05, 0.1) is 40.7 Å². The quantitative estimate of drug-likeness (QED) is 0.707. The van der Waals surface area contributed by atoms with Crippen LogP contribution in [-0.2, 0) is 6.42 Å². The van der Waals surface area contributed by atoms with Crippen LogP contribution in [0.15, 0.2) is 36.7 Å². The number of aromatic amines is 1. The molecule has 3 aromatic rings. The van der Waals surface area contributed by atoms with Crippen LogP contribution in [0.25, 0.3) is 5.69 Å². The van der Waals surface area contributed by atoms with Crippen molar-refractivity contribution in [3.05, 3.63) is 59.4 Å². The molecule has 6 nitrogen and oxygen atoms in total. The van der Waals surface area contributed by atoms with E-state index < -0.39 is 0 Å². The average molecular weight is 353 g/mol. The third-order valence-electron chi connectivity index (χ3n) is 4.56. The molecule has 0 unspecified atom stereocenters. The van der Waals surface area contributed by atoms with E-state index in [2.05, 4.69) is 27.5 Å². The minimum Gasteiger partial charge on any atom is -0.319 e. The third kappa shape index (κ3) is 3.12. The van der Waals surface area contributed by atoms with E-state index >= 15 is 0 Å². The molecule has 1 aliphatic carbocycles. The molecule has 2 N–H and O–H groups in total. The van der Waals surface area contributed by atoms with Crippen molar-refractivity contribution in [2.45, 2.75) is 38.5 Å². The van der Waals surface area contributed by atoms with Gasteiger partial charge in [0.1, 0.15) is 5.82 Å². The molecule has 1 aromatic carbocycles. The third-order valence-corrected chi connectivity index (χ3v) is 4.56. The first kappa shape index (κ1) is 16.5. The molecule has 1 saturated carbocycles. The summed E-state index contributed by atoms with van der Waals surface area (Å²) < 4.78 is 15.3. The molecule has 0 radical (unpaired) electrons. The van der Waals surface area contributed by atoms with Crippen LogP contribution in [0.3, 0.4) is 0 Å². The topological polar surface area (TPSA) is 75.6 Å². The molecule has 7 heteroatoms. The zero-order valence-electron chi connectivity index (χ0n) is 14.5. The number of anilines is 1. The Morgan fingerprint density at radius 3 is 2.96 bits per heavy atom. The molecule has 1 amide bonds. The fourth-order valence-corrected chi connectivity index (χ4v) is 3.14. The number of aromatic nitrogens is 4. The Bertz CT molecular complexity index is 941. The zero-order valence-corrected chi connectivity index (χ0v) is 14.5. The Labute approximate surface area is 150 Å². The van der Waals surface area contributed by atoms with Crippen molar-refractivity contribution in [1.29, 1.82) is 0 Å². The average Bonchev–Trinajstić information content (AvgIpc) is 3.22. The molecular weight excluding hydrogens is 333 g/mol. The first-order chi connectivity index (χ1) is 12.7. The maximum Gasteiger partial charge on any atom is 0.259 e. The van der Waals surface area contributed by atoms with E-state index in [0.29, 0.717) is 29.3 Å². The Hall–Kier alpha value is -2.96. The van der Waals surface area contributed by atoms with E-state index in [0.717, 1.165) is 30.7 Å². The highest BCUT2D eigenvalue weighted by molar-refractivity contribution is 6.05. The van der Waals surface area contributed by atoms with E-state index in [4.69, 9.17) is 0 Å². The second kappa shape index (κ2) is 6.74. The van der Waals surface area contributed by atoms with Crippen LogP contribution in [0.4, 0.5) is 10.1 Å². The number of nitrogens with zero attached hydrogens (tertiary/aromatic N) is 3. The van der Waals surface area contributed by atoms with E-state index in [9.17, 15) is 9.18 Å². The molecule has 0 bridgehead atoms. The molecule has 4 rings (SSSR count). The molecule has 0 saturated heterocycles. The van der Waals surface area contributed by atoms with Gasteiger partial charge in [-0.25, -0.2) is 9.07 Å². The number of carbonyl (C=O) groups excluding carboxylic acids is 1. The summed E-state index contributed by atoms with van der Waals surface area (Å²) in [5, 5.41) is 14.3. The normalized spacial score (nSPS) is 13.8. The maximum absolute atomic E-state index is 13.6. The maximum atomic E-state index is 13.6. The van der Waals surface area contributed by atoms with Crippen molar-refractivity contribution in [3.8, 4) is 5.69 Å². The van der Waals surface area contributed by atoms with Gasteiger partial charge in [0.2, 0.25) is 0 Å². The van der Waals surface area contributed by atoms with Crippen LogP contribution < -0.4 is 5.32 Å². The van der Waals surface area contributed by atoms with Gasteiger partial charge < -0.3 is 5.32 Å². The summed E-state index contributed by atoms with van der Waals surface area (Å²) in [4.78, 5) is 12.7. The molecule has 26 heavy (non-hydrogen) atoms. The van der Waals surface area contributed by atoms with E-state index in [1.165, 1.54) is 12.1 Å². The summed E-state index contributed by atoms with van der Waals surface area (Å²) in [6, 6.07) is 6.27. The number of carbonyl (C=O) groups is 1. The largest absolute Gasteiger partial charge is 0.319 e. The second-order valence-electron chi connectivity index (χ2n) is 6.57. The predicted molar refractivity (Wildman–Crippen MR) is 96.0 cm³/mol. The van der Waals surface area contributed by atoms with Crippen LogP contribution in [0, 0.1) is 5.82 Å². The Morgan fingerprint density at radius 2 is 2.23 bits per heavy atom. The number of halogens is 1. The van der Waals surface area contributed by atoms with E-state index in [1.807, 2.05) is 0 Å². The first-order valence-electron chi connectivity index (χ1n) is 8.84. The zero-order chi connectivity index (χ0) is 18.1. The van der Waals surface area contributed by atoms with Crippen molar-refractivity contribution in [1.82, 2.24) is 20.0 Å². The summed E-state index contributed by atoms with van der Waals surface area (Å²) in [6.07, 6.45) is 6.95. The van der Waals surface area contributed by atoms with Crippen LogP contribution >= 0.6 is 0 Å². The molecule has 134 valence electrons. The lowest BCUT2D eigenvalue weighted by Crippen LogP contribution is -2.14. The highest BCUT2D eigenvalue weighted by atomic mass is 19.1. The van der Waals surface area contributed by atoms with Gasteiger partial charge >= 0.3 is 0 Å². The monoisotopic (exact) mass is 353 g/mol. The minimum absolute atomic E-state index is 0.197. The lowest BCUT2D eigenvalue weighted by atomic mass is 10.1. The smallest absolute Gasteiger partial charge is 0.259 e. The van der Waals surface area contributed by atoms with Crippen molar-refractivity contribution in [3.63, 3.8) is 0 Å². The van der Waals surface area contributed by atoms with E-state index in [-0.39, 0.29) is 11.7 Å². The lowest BCUT2D eigenvalue weighted by molar-refractivity contribution is 0.102. The van der Waals surface area contributed by atoms with Crippen LogP contribution in [0.2, 0.25) is 0 Å². The molecular formula is C19H20FN5O. The fraction of sp³-hybridized carbons (Fsp3) is 0.316. The number of hydrogen-bond acceptors (Lipinski definition) is 3. The van der Waals surface area contributed by atoms with E-state index in [1.54, 1.807) is 29.2 Å². The number of hydrogen-bond donors (Lipinski definition) is 2. The fourth-order valence-electron chi connectivity index (χ4n) is 3.14. The molecule has 2 heterocycles.